The molecule has 0 saturated heterocycles. The van der Waals surface area contributed by atoms with Crippen molar-refractivity contribution < 1.29 is 14.2 Å². The fourth-order valence-electron chi connectivity index (χ4n) is 2.40. The molecular formula is C12H11NO3. The van der Waals surface area contributed by atoms with Gasteiger partial charge in [-0.3, -0.25) is 0 Å². The average molecular weight is 217 g/mol. The van der Waals surface area contributed by atoms with Crippen LogP contribution >= 0.6 is 0 Å². The molecule has 0 N–H and O–H groups in total. The second-order valence-electron chi connectivity index (χ2n) is 3.83. The molecule has 1 aromatic carbocycles. The van der Waals surface area contributed by atoms with Gasteiger partial charge in [-0.2, -0.15) is 5.26 Å². The number of hydrogen-bond donors (Lipinski definition) is 0. The van der Waals surface area contributed by atoms with Gasteiger partial charge < -0.3 is 14.2 Å². The zero-order valence-corrected chi connectivity index (χ0v) is 9.00. The van der Waals surface area contributed by atoms with Crippen molar-refractivity contribution in [3.05, 3.63) is 16.7 Å². The van der Waals surface area contributed by atoms with E-state index in [1.807, 2.05) is 0 Å². The number of rotatable bonds is 1. The van der Waals surface area contributed by atoms with Crippen LogP contribution in [0, 0.1) is 11.3 Å². The molecule has 0 saturated carbocycles. The van der Waals surface area contributed by atoms with Gasteiger partial charge in [-0.25, -0.2) is 0 Å². The van der Waals surface area contributed by atoms with Crippen LogP contribution in [0.25, 0.3) is 0 Å². The lowest BCUT2D eigenvalue weighted by atomic mass is 9.99. The third-order valence-electron chi connectivity index (χ3n) is 3.07. The molecule has 3 rings (SSSR count). The minimum absolute atomic E-state index is 0.614. The Kier molecular flexibility index (Phi) is 1.93. The van der Waals surface area contributed by atoms with Gasteiger partial charge in [0.05, 0.1) is 20.3 Å². The molecule has 16 heavy (non-hydrogen) atoms. The number of ether oxygens (including phenoxy) is 3. The molecule has 1 aromatic rings. The standard InChI is InChI=1S/C12H11NO3/c1-14-11-8-3-5-15-10(8)9(6-13)7-2-4-16-12(7)11/h2-5H2,1H3. The number of fused-ring (bicyclic) bond motifs is 2. The molecule has 0 unspecified atom stereocenters. The molecule has 0 spiro atoms. The van der Waals surface area contributed by atoms with E-state index < -0.39 is 0 Å². The van der Waals surface area contributed by atoms with Crippen molar-refractivity contribution in [2.45, 2.75) is 12.8 Å². The second-order valence-corrected chi connectivity index (χ2v) is 3.83. The fourth-order valence-corrected chi connectivity index (χ4v) is 2.40. The van der Waals surface area contributed by atoms with Gasteiger partial charge in [-0.15, -0.1) is 0 Å². The van der Waals surface area contributed by atoms with Crippen LogP contribution in [0.15, 0.2) is 0 Å². The first-order valence-electron chi connectivity index (χ1n) is 5.28. The van der Waals surface area contributed by atoms with E-state index in [2.05, 4.69) is 6.07 Å². The molecule has 82 valence electrons. The fraction of sp³-hybridized carbons (Fsp3) is 0.417. The smallest absolute Gasteiger partial charge is 0.168 e. The summed E-state index contributed by atoms with van der Waals surface area (Å²) in [5, 5.41) is 9.20. The quantitative estimate of drug-likeness (QED) is 0.714. The van der Waals surface area contributed by atoms with E-state index in [9.17, 15) is 5.26 Å². The molecular weight excluding hydrogens is 206 g/mol. The maximum absolute atomic E-state index is 9.20. The molecule has 2 heterocycles. The molecule has 4 nitrogen and oxygen atoms in total. The summed E-state index contributed by atoms with van der Waals surface area (Å²) >= 11 is 0. The molecule has 0 bridgehead atoms. The minimum atomic E-state index is 0.614. The third-order valence-corrected chi connectivity index (χ3v) is 3.07. The largest absolute Gasteiger partial charge is 0.492 e. The van der Waals surface area contributed by atoms with Crippen molar-refractivity contribution in [3.8, 4) is 23.3 Å². The van der Waals surface area contributed by atoms with Crippen LogP contribution in [0.1, 0.15) is 16.7 Å². The van der Waals surface area contributed by atoms with Crippen molar-refractivity contribution in [2.24, 2.45) is 0 Å². The van der Waals surface area contributed by atoms with Crippen molar-refractivity contribution in [1.29, 1.82) is 5.26 Å². The lowest BCUT2D eigenvalue weighted by molar-refractivity contribution is 0.324. The van der Waals surface area contributed by atoms with E-state index in [0.29, 0.717) is 24.5 Å². The summed E-state index contributed by atoms with van der Waals surface area (Å²) in [6, 6.07) is 2.22. The van der Waals surface area contributed by atoms with Crippen LogP contribution in [0.2, 0.25) is 0 Å². The van der Waals surface area contributed by atoms with Gasteiger partial charge in [0.15, 0.2) is 11.5 Å². The molecule has 0 aromatic heterocycles. The normalized spacial score (nSPS) is 15.8. The third kappa shape index (κ3) is 1.03. The molecule has 2 aliphatic rings. The summed E-state index contributed by atoms with van der Waals surface area (Å²) in [6.45, 7) is 1.23. The van der Waals surface area contributed by atoms with Crippen LogP contribution in [0.4, 0.5) is 0 Å². The van der Waals surface area contributed by atoms with E-state index in [-0.39, 0.29) is 0 Å². The van der Waals surface area contributed by atoms with Crippen molar-refractivity contribution in [1.82, 2.24) is 0 Å². The molecule has 0 fully saturated rings. The van der Waals surface area contributed by atoms with Crippen LogP contribution in [-0.4, -0.2) is 20.3 Å². The number of nitrogens with zero attached hydrogens (tertiary/aromatic N) is 1. The first-order valence-corrected chi connectivity index (χ1v) is 5.28. The van der Waals surface area contributed by atoms with Gasteiger partial charge in [-0.1, -0.05) is 0 Å². The monoisotopic (exact) mass is 217 g/mol. The number of nitriles is 1. The molecule has 2 aliphatic heterocycles. The molecule has 4 heteroatoms. The minimum Gasteiger partial charge on any atom is -0.492 e. The lowest BCUT2D eigenvalue weighted by Crippen LogP contribution is -1.96. The maximum Gasteiger partial charge on any atom is 0.168 e. The molecule has 0 atom stereocenters. The van der Waals surface area contributed by atoms with Crippen molar-refractivity contribution >= 4 is 0 Å². The van der Waals surface area contributed by atoms with E-state index in [4.69, 9.17) is 14.2 Å². The van der Waals surface area contributed by atoms with Crippen LogP contribution < -0.4 is 14.2 Å². The SMILES string of the molecule is COc1c2c(c(C#N)c3c1OCC3)OCC2. The van der Waals surface area contributed by atoms with E-state index in [1.165, 1.54) is 0 Å². The van der Waals surface area contributed by atoms with Crippen molar-refractivity contribution in [3.63, 3.8) is 0 Å². The summed E-state index contributed by atoms with van der Waals surface area (Å²) in [6.07, 6.45) is 1.54. The lowest BCUT2D eigenvalue weighted by Gasteiger charge is -2.12. The maximum atomic E-state index is 9.20. The Morgan fingerprint density at radius 1 is 1.12 bits per heavy atom. The number of hydrogen-bond acceptors (Lipinski definition) is 4. The van der Waals surface area contributed by atoms with Gasteiger partial charge >= 0.3 is 0 Å². The van der Waals surface area contributed by atoms with E-state index in [0.717, 1.165) is 35.5 Å². The van der Waals surface area contributed by atoms with Crippen LogP contribution in [0.5, 0.6) is 17.2 Å². The summed E-state index contributed by atoms with van der Waals surface area (Å²) in [5.74, 6) is 2.19. The summed E-state index contributed by atoms with van der Waals surface area (Å²) < 4.78 is 16.5. The van der Waals surface area contributed by atoms with Gasteiger partial charge in [0.25, 0.3) is 0 Å². The predicted octanol–water partition coefficient (Wildman–Crippen LogP) is 1.44. The van der Waals surface area contributed by atoms with Gasteiger partial charge in [-0.05, 0) is 0 Å². The summed E-state index contributed by atoms with van der Waals surface area (Å²) in [4.78, 5) is 0. The second kappa shape index (κ2) is 3.31. The number of methoxy groups -OCH3 is 1. The number of benzene rings is 1. The summed E-state index contributed by atoms with van der Waals surface area (Å²) in [7, 11) is 1.63. The summed E-state index contributed by atoms with van der Waals surface area (Å²) in [5.41, 5.74) is 2.53. The molecule has 0 radical (unpaired) electrons. The Morgan fingerprint density at radius 2 is 1.81 bits per heavy atom. The van der Waals surface area contributed by atoms with Gasteiger partial charge in [0, 0.05) is 24.0 Å². The topological polar surface area (TPSA) is 51.5 Å². The van der Waals surface area contributed by atoms with E-state index >= 15 is 0 Å². The molecule has 0 amide bonds. The van der Waals surface area contributed by atoms with E-state index in [1.54, 1.807) is 7.11 Å². The highest BCUT2D eigenvalue weighted by Crippen LogP contribution is 2.48. The Bertz CT molecular complexity index is 467. The Hall–Kier alpha value is -1.89. The first-order chi connectivity index (χ1) is 7.86. The zero-order chi connectivity index (χ0) is 11.1. The highest BCUT2D eigenvalue weighted by molar-refractivity contribution is 5.68. The van der Waals surface area contributed by atoms with Crippen LogP contribution in [0.3, 0.4) is 0 Å². The Balaban J connectivity index is 2.35. The molecule has 0 aliphatic carbocycles. The average Bonchev–Trinajstić information content (AvgIpc) is 2.93. The van der Waals surface area contributed by atoms with Gasteiger partial charge in [0.1, 0.15) is 17.4 Å². The highest BCUT2D eigenvalue weighted by Gasteiger charge is 2.32. The van der Waals surface area contributed by atoms with Crippen LogP contribution in [-0.2, 0) is 12.8 Å². The predicted molar refractivity (Wildman–Crippen MR) is 56.1 cm³/mol. The highest BCUT2D eigenvalue weighted by atomic mass is 16.5. The van der Waals surface area contributed by atoms with Crippen molar-refractivity contribution in [2.75, 3.05) is 20.3 Å². The zero-order valence-electron chi connectivity index (χ0n) is 9.00. The Labute approximate surface area is 93.3 Å². The Morgan fingerprint density at radius 3 is 2.50 bits per heavy atom. The van der Waals surface area contributed by atoms with Gasteiger partial charge in [0.2, 0.25) is 0 Å². The first kappa shape index (κ1) is 9.34.